The van der Waals surface area contributed by atoms with Gasteiger partial charge in [-0.25, -0.2) is 0 Å². The van der Waals surface area contributed by atoms with Gasteiger partial charge in [0.05, 0.1) is 16.1 Å². The highest BCUT2D eigenvalue weighted by Gasteiger charge is 2.27. The SMILES string of the molecule is O=C(N[C@@H](Cc1ccccc1)C(=O)NC1CCCc2ccccc21)c1ccc(O)c(-c2ccc(Cl)c(Cl)c2)c1. The van der Waals surface area contributed by atoms with Crippen molar-refractivity contribution in [2.24, 2.45) is 0 Å². The minimum atomic E-state index is -0.795. The van der Waals surface area contributed by atoms with Crippen molar-refractivity contribution in [2.45, 2.75) is 37.8 Å². The number of carbonyl (C=O) groups excluding carboxylic acids is 2. The van der Waals surface area contributed by atoms with Crippen molar-refractivity contribution >= 4 is 35.0 Å². The quantitative estimate of drug-likeness (QED) is 0.231. The number of rotatable bonds is 7. The Hall–Kier alpha value is -3.80. The molecule has 0 saturated heterocycles. The Labute approximate surface area is 237 Å². The molecule has 0 spiro atoms. The Kier molecular flexibility index (Phi) is 8.20. The van der Waals surface area contributed by atoms with Gasteiger partial charge in [-0.1, -0.05) is 83.9 Å². The molecule has 1 aliphatic rings. The number of amides is 2. The minimum absolute atomic E-state index is 0.000480. The maximum absolute atomic E-state index is 13.6. The van der Waals surface area contributed by atoms with Gasteiger partial charge in [0, 0.05) is 17.5 Å². The van der Waals surface area contributed by atoms with Gasteiger partial charge in [0.15, 0.2) is 0 Å². The van der Waals surface area contributed by atoms with Gasteiger partial charge in [0.25, 0.3) is 5.91 Å². The van der Waals surface area contributed by atoms with Gasteiger partial charge in [0.2, 0.25) is 5.91 Å². The predicted octanol–water partition coefficient (Wildman–Crippen LogP) is 6.90. The van der Waals surface area contributed by atoms with E-state index in [1.54, 1.807) is 24.3 Å². The number of phenols is 1. The van der Waals surface area contributed by atoms with Crippen LogP contribution in [0.3, 0.4) is 0 Å². The summed E-state index contributed by atoms with van der Waals surface area (Å²) in [7, 11) is 0. The molecule has 2 amide bonds. The lowest BCUT2D eigenvalue weighted by molar-refractivity contribution is -0.123. The largest absolute Gasteiger partial charge is 0.507 e. The molecule has 0 aliphatic heterocycles. The van der Waals surface area contributed by atoms with E-state index >= 15 is 0 Å². The molecule has 0 heterocycles. The molecule has 5 rings (SSSR count). The molecule has 4 aromatic rings. The van der Waals surface area contributed by atoms with Crippen LogP contribution in [-0.2, 0) is 17.6 Å². The van der Waals surface area contributed by atoms with Gasteiger partial charge in [-0.05, 0) is 71.8 Å². The van der Waals surface area contributed by atoms with Gasteiger partial charge in [-0.3, -0.25) is 9.59 Å². The molecule has 0 radical (unpaired) electrons. The van der Waals surface area contributed by atoms with Crippen LogP contribution in [0.25, 0.3) is 11.1 Å². The van der Waals surface area contributed by atoms with E-state index in [0.29, 0.717) is 33.2 Å². The number of aryl methyl sites for hydroxylation is 1. The van der Waals surface area contributed by atoms with Crippen LogP contribution in [0.2, 0.25) is 10.0 Å². The minimum Gasteiger partial charge on any atom is -0.507 e. The van der Waals surface area contributed by atoms with Crippen molar-refractivity contribution in [2.75, 3.05) is 0 Å². The van der Waals surface area contributed by atoms with Crippen molar-refractivity contribution in [3.63, 3.8) is 0 Å². The van der Waals surface area contributed by atoms with Crippen LogP contribution >= 0.6 is 23.2 Å². The lowest BCUT2D eigenvalue weighted by Gasteiger charge is -2.28. The summed E-state index contributed by atoms with van der Waals surface area (Å²) in [5.74, 6) is -0.659. The van der Waals surface area contributed by atoms with Crippen LogP contribution in [0, 0.1) is 0 Å². The lowest BCUT2D eigenvalue weighted by atomic mass is 9.87. The van der Waals surface area contributed by atoms with E-state index in [1.165, 1.54) is 17.7 Å². The number of aromatic hydroxyl groups is 1. The second-order valence-electron chi connectivity index (χ2n) is 9.73. The van der Waals surface area contributed by atoms with Crippen LogP contribution in [0.5, 0.6) is 5.75 Å². The van der Waals surface area contributed by atoms with Crippen LogP contribution in [0.4, 0.5) is 0 Å². The zero-order valence-electron chi connectivity index (χ0n) is 21.2. The molecule has 198 valence electrons. The van der Waals surface area contributed by atoms with Crippen LogP contribution < -0.4 is 10.6 Å². The Bertz CT molecular complexity index is 1510. The molecule has 0 fully saturated rings. The van der Waals surface area contributed by atoms with E-state index in [1.807, 2.05) is 42.5 Å². The lowest BCUT2D eigenvalue weighted by Crippen LogP contribution is -2.49. The van der Waals surface area contributed by atoms with Crippen molar-refractivity contribution in [3.05, 3.63) is 123 Å². The monoisotopic (exact) mass is 558 g/mol. The second-order valence-corrected chi connectivity index (χ2v) is 10.5. The number of phenolic OH excluding ortho intramolecular Hbond substituents is 1. The topological polar surface area (TPSA) is 78.4 Å². The maximum Gasteiger partial charge on any atom is 0.251 e. The zero-order valence-corrected chi connectivity index (χ0v) is 22.7. The summed E-state index contributed by atoms with van der Waals surface area (Å²) in [6.07, 6.45) is 3.17. The molecule has 4 aromatic carbocycles. The first-order chi connectivity index (χ1) is 18.9. The molecule has 1 unspecified atom stereocenters. The average Bonchev–Trinajstić information content (AvgIpc) is 2.95. The summed E-state index contributed by atoms with van der Waals surface area (Å²) in [4.78, 5) is 27.0. The predicted molar refractivity (Wildman–Crippen MR) is 155 cm³/mol. The van der Waals surface area contributed by atoms with Gasteiger partial charge >= 0.3 is 0 Å². The summed E-state index contributed by atoms with van der Waals surface area (Å²) in [6.45, 7) is 0. The maximum atomic E-state index is 13.6. The molecule has 1 aliphatic carbocycles. The number of hydrogen-bond acceptors (Lipinski definition) is 3. The zero-order chi connectivity index (χ0) is 27.4. The number of nitrogens with one attached hydrogen (secondary N) is 2. The Morgan fingerprint density at radius 1 is 0.897 bits per heavy atom. The molecule has 2 atom stereocenters. The number of fused-ring (bicyclic) bond motifs is 1. The Balaban J connectivity index is 1.39. The fourth-order valence-corrected chi connectivity index (χ4v) is 5.35. The fourth-order valence-electron chi connectivity index (χ4n) is 5.05. The Morgan fingerprint density at radius 2 is 1.67 bits per heavy atom. The standard InChI is InChI=1S/C32H28Cl2N2O3/c33-26-15-13-22(19-27(26)34)25-18-23(14-16-30(25)37)31(38)36-29(17-20-7-2-1-3-8-20)32(39)35-28-12-6-10-21-9-4-5-11-24(21)28/h1-5,7-9,11,13-16,18-19,28-29,37H,6,10,12,17H2,(H,35,39)(H,36,38)/t28?,29-/m0/s1. The molecule has 0 bridgehead atoms. The summed E-state index contributed by atoms with van der Waals surface area (Å²) in [6, 6.07) is 26.4. The van der Waals surface area contributed by atoms with E-state index in [0.717, 1.165) is 30.4 Å². The van der Waals surface area contributed by atoms with Crippen molar-refractivity contribution < 1.29 is 14.7 Å². The van der Waals surface area contributed by atoms with E-state index in [-0.39, 0.29) is 17.7 Å². The van der Waals surface area contributed by atoms with Crippen molar-refractivity contribution in [3.8, 4) is 16.9 Å². The van der Waals surface area contributed by atoms with Crippen LogP contribution in [0.1, 0.15) is 45.9 Å². The number of halogens is 2. The molecule has 3 N–H and O–H groups in total. The molecular weight excluding hydrogens is 531 g/mol. The molecule has 0 aromatic heterocycles. The first-order valence-electron chi connectivity index (χ1n) is 12.9. The van der Waals surface area contributed by atoms with Gasteiger partial charge < -0.3 is 15.7 Å². The number of hydrogen-bond donors (Lipinski definition) is 3. The highest BCUT2D eigenvalue weighted by Crippen LogP contribution is 2.34. The van der Waals surface area contributed by atoms with E-state index in [9.17, 15) is 14.7 Å². The van der Waals surface area contributed by atoms with Crippen molar-refractivity contribution in [1.82, 2.24) is 10.6 Å². The number of carbonyl (C=O) groups is 2. The average molecular weight is 559 g/mol. The molecule has 5 nitrogen and oxygen atoms in total. The third-order valence-electron chi connectivity index (χ3n) is 7.08. The molecule has 39 heavy (non-hydrogen) atoms. The van der Waals surface area contributed by atoms with E-state index in [2.05, 4.69) is 22.8 Å². The summed E-state index contributed by atoms with van der Waals surface area (Å²) in [5.41, 5.74) is 4.67. The molecular formula is C32H28Cl2N2O3. The first-order valence-corrected chi connectivity index (χ1v) is 13.7. The fraction of sp³-hybridized carbons (Fsp3) is 0.188. The Morgan fingerprint density at radius 3 is 2.46 bits per heavy atom. The summed E-state index contributed by atoms with van der Waals surface area (Å²) in [5, 5.41) is 17.3. The van der Waals surface area contributed by atoms with E-state index in [4.69, 9.17) is 23.2 Å². The van der Waals surface area contributed by atoms with E-state index < -0.39 is 11.9 Å². The smallest absolute Gasteiger partial charge is 0.251 e. The summed E-state index contributed by atoms with van der Waals surface area (Å²) >= 11 is 12.2. The molecule has 7 heteroatoms. The first kappa shape index (κ1) is 26.8. The number of benzene rings is 4. The highest BCUT2D eigenvalue weighted by molar-refractivity contribution is 6.42. The van der Waals surface area contributed by atoms with Crippen molar-refractivity contribution in [1.29, 1.82) is 0 Å². The van der Waals surface area contributed by atoms with Gasteiger partial charge in [0.1, 0.15) is 11.8 Å². The third kappa shape index (κ3) is 6.27. The summed E-state index contributed by atoms with van der Waals surface area (Å²) < 4.78 is 0. The van der Waals surface area contributed by atoms with Gasteiger partial charge in [-0.2, -0.15) is 0 Å². The second kappa shape index (κ2) is 11.9. The normalized spacial score (nSPS) is 15.2. The van der Waals surface area contributed by atoms with Crippen LogP contribution in [-0.4, -0.2) is 23.0 Å². The third-order valence-corrected chi connectivity index (χ3v) is 7.82. The molecule has 0 saturated carbocycles. The van der Waals surface area contributed by atoms with Gasteiger partial charge in [-0.15, -0.1) is 0 Å². The highest BCUT2D eigenvalue weighted by atomic mass is 35.5. The van der Waals surface area contributed by atoms with Crippen LogP contribution in [0.15, 0.2) is 91.0 Å².